The maximum atomic E-state index is 6.29. The van der Waals surface area contributed by atoms with Gasteiger partial charge in [-0.2, -0.15) is 0 Å². The molecule has 0 saturated heterocycles. The van der Waals surface area contributed by atoms with E-state index >= 15 is 0 Å². The third kappa shape index (κ3) is 1.99. The zero-order valence-corrected chi connectivity index (χ0v) is 13.0. The number of benzene rings is 1. The van der Waals surface area contributed by atoms with E-state index in [0.29, 0.717) is 0 Å². The molecule has 3 rings (SSSR count). The van der Waals surface area contributed by atoms with E-state index in [2.05, 4.69) is 50.5 Å². The largest absolute Gasteiger partial charge is 0.324 e. The number of hydrogen-bond acceptors (Lipinski definition) is 1. The standard InChI is InChI=1S/C18H24N2/c1-11-8-12(2)18(13(3)9-11)20-14(4)10-15-16(19)6-5-7-17(15)20/h8-10,16H,5-7,19H2,1-4H3. The fourth-order valence-corrected chi connectivity index (χ4v) is 3.77. The third-order valence-electron chi connectivity index (χ3n) is 4.51. The Hall–Kier alpha value is -1.54. The first kappa shape index (κ1) is 13.4. The number of nitrogens with zero attached hydrogens (tertiary/aromatic N) is 1. The van der Waals surface area contributed by atoms with E-state index in [1.807, 2.05) is 0 Å². The molecule has 2 nitrogen and oxygen atoms in total. The Labute approximate surface area is 121 Å². The highest BCUT2D eigenvalue weighted by Crippen LogP contribution is 2.34. The Bertz CT molecular complexity index is 641. The van der Waals surface area contributed by atoms with Gasteiger partial charge >= 0.3 is 0 Å². The van der Waals surface area contributed by atoms with Crippen LogP contribution in [0, 0.1) is 27.7 Å². The zero-order valence-electron chi connectivity index (χ0n) is 13.0. The monoisotopic (exact) mass is 268 g/mol. The molecule has 0 fully saturated rings. The maximum absolute atomic E-state index is 6.29. The molecule has 1 heterocycles. The molecule has 0 bridgehead atoms. The second-order valence-electron chi connectivity index (χ2n) is 6.27. The predicted octanol–water partition coefficient (Wildman–Crippen LogP) is 4.05. The smallest absolute Gasteiger partial charge is 0.0513 e. The number of fused-ring (bicyclic) bond motifs is 1. The highest BCUT2D eigenvalue weighted by atomic mass is 15.0. The van der Waals surface area contributed by atoms with Gasteiger partial charge in [-0.15, -0.1) is 0 Å². The van der Waals surface area contributed by atoms with Crippen molar-refractivity contribution in [2.45, 2.75) is 53.0 Å². The molecule has 1 aliphatic carbocycles. The molecule has 0 spiro atoms. The number of hydrogen-bond donors (Lipinski definition) is 1. The lowest BCUT2D eigenvalue weighted by atomic mass is 9.93. The van der Waals surface area contributed by atoms with Gasteiger partial charge in [-0.05, 0) is 69.7 Å². The molecule has 1 aromatic heterocycles. The molecule has 0 aliphatic heterocycles. The Morgan fingerprint density at radius 1 is 1.05 bits per heavy atom. The van der Waals surface area contributed by atoms with Crippen LogP contribution in [0.2, 0.25) is 0 Å². The van der Waals surface area contributed by atoms with Crippen LogP contribution in [0.1, 0.15) is 52.5 Å². The third-order valence-corrected chi connectivity index (χ3v) is 4.51. The summed E-state index contributed by atoms with van der Waals surface area (Å²) in [6.45, 7) is 8.79. The van der Waals surface area contributed by atoms with E-state index in [1.165, 1.54) is 45.7 Å². The highest BCUT2D eigenvalue weighted by molar-refractivity contribution is 5.53. The summed E-state index contributed by atoms with van der Waals surface area (Å²) in [6, 6.07) is 7.05. The maximum Gasteiger partial charge on any atom is 0.0513 e. The van der Waals surface area contributed by atoms with Crippen molar-refractivity contribution >= 4 is 0 Å². The van der Waals surface area contributed by atoms with E-state index in [1.54, 1.807) is 0 Å². The first-order valence-corrected chi connectivity index (χ1v) is 7.54. The van der Waals surface area contributed by atoms with Crippen molar-refractivity contribution in [1.29, 1.82) is 0 Å². The fourth-order valence-electron chi connectivity index (χ4n) is 3.77. The summed E-state index contributed by atoms with van der Waals surface area (Å²) >= 11 is 0. The van der Waals surface area contributed by atoms with Gasteiger partial charge < -0.3 is 10.3 Å². The summed E-state index contributed by atoms with van der Waals surface area (Å²) in [6.07, 6.45) is 3.45. The molecule has 0 amide bonds. The van der Waals surface area contributed by atoms with Crippen LogP contribution >= 0.6 is 0 Å². The minimum absolute atomic E-state index is 0.213. The van der Waals surface area contributed by atoms with Crippen molar-refractivity contribution in [2.75, 3.05) is 0 Å². The van der Waals surface area contributed by atoms with Crippen molar-refractivity contribution in [2.24, 2.45) is 5.73 Å². The fraction of sp³-hybridized carbons (Fsp3) is 0.444. The average Bonchev–Trinajstić information content (AvgIpc) is 2.67. The molecular weight excluding hydrogens is 244 g/mol. The molecule has 20 heavy (non-hydrogen) atoms. The first-order valence-electron chi connectivity index (χ1n) is 7.54. The van der Waals surface area contributed by atoms with E-state index in [4.69, 9.17) is 5.73 Å². The lowest BCUT2D eigenvalue weighted by Gasteiger charge is -2.23. The van der Waals surface area contributed by atoms with E-state index in [9.17, 15) is 0 Å². The minimum Gasteiger partial charge on any atom is -0.324 e. The summed E-state index contributed by atoms with van der Waals surface area (Å²) in [5.74, 6) is 0. The van der Waals surface area contributed by atoms with Crippen LogP contribution in [0.5, 0.6) is 0 Å². The molecule has 2 heteroatoms. The zero-order chi connectivity index (χ0) is 14.4. The lowest BCUT2D eigenvalue weighted by Crippen LogP contribution is -2.18. The molecule has 0 saturated carbocycles. The van der Waals surface area contributed by atoms with Gasteiger partial charge in [-0.1, -0.05) is 17.7 Å². The second kappa shape index (κ2) is 4.78. The van der Waals surface area contributed by atoms with Gasteiger partial charge in [0.2, 0.25) is 0 Å². The molecule has 106 valence electrons. The van der Waals surface area contributed by atoms with Crippen LogP contribution in [0.4, 0.5) is 0 Å². The molecule has 1 unspecified atom stereocenters. The molecule has 1 aliphatic rings. The first-order chi connectivity index (χ1) is 9.49. The van der Waals surface area contributed by atoms with Gasteiger partial charge in [0.15, 0.2) is 0 Å². The summed E-state index contributed by atoms with van der Waals surface area (Å²) in [7, 11) is 0. The summed E-state index contributed by atoms with van der Waals surface area (Å²) in [4.78, 5) is 0. The predicted molar refractivity (Wildman–Crippen MR) is 84.6 cm³/mol. The quantitative estimate of drug-likeness (QED) is 0.831. The van der Waals surface area contributed by atoms with Crippen LogP contribution < -0.4 is 5.73 Å². The summed E-state index contributed by atoms with van der Waals surface area (Å²) < 4.78 is 2.44. The van der Waals surface area contributed by atoms with Crippen LogP contribution in [0.25, 0.3) is 5.69 Å². The SMILES string of the molecule is Cc1cc(C)c(-n2c(C)cc3c2CCCC3N)c(C)c1. The van der Waals surface area contributed by atoms with Crippen molar-refractivity contribution in [3.05, 3.63) is 51.8 Å². The van der Waals surface area contributed by atoms with Crippen LogP contribution in [0.15, 0.2) is 18.2 Å². The molecular formula is C18H24N2. The minimum atomic E-state index is 0.213. The van der Waals surface area contributed by atoms with Crippen molar-refractivity contribution < 1.29 is 0 Å². The van der Waals surface area contributed by atoms with Gasteiger partial charge in [0, 0.05) is 17.4 Å². The Balaban J connectivity index is 2.26. The molecule has 1 atom stereocenters. The van der Waals surface area contributed by atoms with Gasteiger partial charge in [0.25, 0.3) is 0 Å². The second-order valence-corrected chi connectivity index (χ2v) is 6.27. The summed E-state index contributed by atoms with van der Waals surface area (Å²) in [5.41, 5.74) is 15.8. The van der Waals surface area contributed by atoms with Crippen molar-refractivity contribution in [1.82, 2.24) is 4.57 Å². The van der Waals surface area contributed by atoms with Crippen LogP contribution in [0.3, 0.4) is 0 Å². The van der Waals surface area contributed by atoms with Gasteiger partial charge in [0.05, 0.1) is 5.69 Å². The van der Waals surface area contributed by atoms with Crippen molar-refractivity contribution in [3.8, 4) is 5.69 Å². The number of rotatable bonds is 1. The topological polar surface area (TPSA) is 30.9 Å². The molecule has 2 N–H and O–H groups in total. The highest BCUT2D eigenvalue weighted by Gasteiger charge is 2.23. The Morgan fingerprint density at radius 3 is 2.35 bits per heavy atom. The average molecular weight is 268 g/mol. The summed E-state index contributed by atoms with van der Waals surface area (Å²) in [5, 5.41) is 0. The van der Waals surface area contributed by atoms with Crippen LogP contribution in [-0.2, 0) is 6.42 Å². The van der Waals surface area contributed by atoms with Crippen LogP contribution in [-0.4, -0.2) is 4.57 Å². The Morgan fingerprint density at radius 2 is 1.70 bits per heavy atom. The van der Waals surface area contributed by atoms with E-state index in [0.717, 1.165) is 12.8 Å². The van der Waals surface area contributed by atoms with Gasteiger partial charge in [-0.25, -0.2) is 0 Å². The number of nitrogens with two attached hydrogens (primary N) is 1. The van der Waals surface area contributed by atoms with Gasteiger partial charge in [0.1, 0.15) is 0 Å². The normalized spacial score (nSPS) is 18.1. The molecule has 2 aromatic rings. The van der Waals surface area contributed by atoms with E-state index < -0.39 is 0 Å². The van der Waals surface area contributed by atoms with Crippen molar-refractivity contribution in [3.63, 3.8) is 0 Å². The number of aryl methyl sites for hydroxylation is 4. The Kier molecular flexibility index (Phi) is 3.21. The lowest BCUT2D eigenvalue weighted by molar-refractivity contribution is 0.559. The molecule has 1 aromatic carbocycles. The molecule has 0 radical (unpaired) electrons. The van der Waals surface area contributed by atoms with E-state index in [-0.39, 0.29) is 6.04 Å². The number of aromatic nitrogens is 1. The van der Waals surface area contributed by atoms with Gasteiger partial charge in [-0.3, -0.25) is 0 Å².